The predicted octanol–water partition coefficient (Wildman–Crippen LogP) is 2.61. The molecule has 124 valence electrons. The molecule has 0 saturated carbocycles. The molecule has 0 bridgehead atoms. The Morgan fingerprint density at radius 2 is 2.04 bits per heavy atom. The maximum absolute atomic E-state index is 12.4. The van der Waals surface area contributed by atoms with E-state index in [0.717, 1.165) is 16.5 Å². The summed E-state index contributed by atoms with van der Waals surface area (Å²) in [4.78, 5) is 0.0970. The molecule has 0 atom stereocenters. The summed E-state index contributed by atoms with van der Waals surface area (Å²) < 4.78 is 38.9. The normalized spacial score (nSPS) is 13.8. The topological polar surface area (TPSA) is 90.4 Å². The van der Waals surface area contributed by atoms with Crippen LogP contribution < -0.4 is 14.2 Å². The average Bonchev–Trinajstić information content (AvgIpc) is 2.99. The van der Waals surface area contributed by atoms with Crippen molar-refractivity contribution >= 4 is 38.3 Å². The minimum Gasteiger partial charge on any atom is -0.486 e. The first kappa shape index (κ1) is 16.3. The number of nitrogens with one attached hydrogen (secondary N) is 1. The highest BCUT2D eigenvalue weighted by Crippen LogP contribution is 2.33. The van der Waals surface area contributed by atoms with Gasteiger partial charge in [0.2, 0.25) is 5.13 Å². The number of hydrogen-bond donors (Lipinski definition) is 1. The SMILES string of the molecule is CCCSc1nnc(NS(=O)(=O)c2ccc3c(c2)OCCO3)s1. The van der Waals surface area contributed by atoms with Crippen LogP contribution in [-0.4, -0.2) is 37.6 Å². The Bertz CT molecular complexity index is 792. The second kappa shape index (κ2) is 6.93. The molecule has 0 unspecified atom stereocenters. The number of anilines is 1. The first-order valence-electron chi connectivity index (χ1n) is 6.97. The van der Waals surface area contributed by atoms with Gasteiger partial charge in [-0.2, -0.15) is 0 Å². The molecule has 0 spiro atoms. The molecule has 3 rings (SSSR count). The van der Waals surface area contributed by atoms with Gasteiger partial charge in [-0.3, -0.25) is 4.72 Å². The fourth-order valence-corrected chi connectivity index (χ4v) is 4.79. The van der Waals surface area contributed by atoms with E-state index in [1.807, 2.05) is 0 Å². The van der Waals surface area contributed by atoms with Gasteiger partial charge in [0.15, 0.2) is 15.8 Å². The summed E-state index contributed by atoms with van der Waals surface area (Å²) in [6.07, 6.45) is 1.02. The summed E-state index contributed by atoms with van der Waals surface area (Å²) in [5, 5.41) is 8.08. The predicted molar refractivity (Wildman–Crippen MR) is 89.2 cm³/mol. The Balaban J connectivity index is 1.77. The van der Waals surface area contributed by atoms with Gasteiger partial charge >= 0.3 is 0 Å². The summed E-state index contributed by atoms with van der Waals surface area (Å²) >= 11 is 2.77. The molecule has 0 saturated heterocycles. The molecule has 0 aliphatic carbocycles. The zero-order valence-corrected chi connectivity index (χ0v) is 14.8. The highest BCUT2D eigenvalue weighted by atomic mass is 32.2. The van der Waals surface area contributed by atoms with Crippen molar-refractivity contribution in [3.63, 3.8) is 0 Å². The summed E-state index contributed by atoms with van der Waals surface area (Å²) in [6, 6.07) is 4.51. The van der Waals surface area contributed by atoms with E-state index in [9.17, 15) is 8.42 Å². The van der Waals surface area contributed by atoms with Crippen LogP contribution in [0.4, 0.5) is 5.13 Å². The van der Waals surface area contributed by atoms with Crippen LogP contribution in [0.2, 0.25) is 0 Å². The fraction of sp³-hybridized carbons (Fsp3) is 0.385. The molecule has 10 heteroatoms. The van der Waals surface area contributed by atoms with Crippen molar-refractivity contribution in [2.45, 2.75) is 22.6 Å². The number of nitrogens with zero attached hydrogens (tertiary/aromatic N) is 2. The Morgan fingerprint density at radius 3 is 2.83 bits per heavy atom. The lowest BCUT2D eigenvalue weighted by Gasteiger charge is -2.18. The third kappa shape index (κ3) is 3.88. The number of sulfonamides is 1. The van der Waals surface area contributed by atoms with Crippen LogP contribution in [0.3, 0.4) is 0 Å². The summed E-state index contributed by atoms with van der Waals surface area (Å²) in [6.45, 7) is 2.93. The zero-order valence-electron chi connectivity index (χ0n) is 12.3. The second-order valence-electron chi connectivity index (χ2n) is 4.63. The molecular weight excluding hydrogens is 358 g/mol. The van der Waals surface area contributed by atoms with Crippen LogP contribution in [0.1, 0.15) is 13.3 Å². The minimum atomic E-state index is -3.74. The molecule has 7 nitrogen and oxygen atoms in total. The van der Waals surface area contributed by atoms with E-state index < -0.39 is 10.0 Å². The lowest BCUT2D eigenvalue weighted by molar-refractivity contribution is 0.171. The monoisotopic (exact) mass is 373 g/mol. The van der Waals surface area contributed by atoms with Crippen LogP contribution in [0.25, 0.3) is 0 Å². The molecule has 0 radical (unpaired) electrons. The van der Waals surface area contributed by atoms with Crippen molar-refractivity contribution in [1.82, 2.24) is 10.2 Å². The van der Waals surface area contributed by atoms with Gasteiger partial charge in [0, 0.05) is 11.8 Å². The van der Waals surface area contributed by atoms with Gasteiger partial charge in [0.1, 0.15) is 13.2 Å². The minimum absolute atomic E-state index is 0.0970. The third-order valence-corrected chi connectivity index (χ3v) is 6.53. The molecule has 1 aliphatic heterocycles. The van der Waals surface area contributed by atoms with Gasteiger partial charge in [-0.15, -0.1) is 10.2 Å². The Kier molecular flexibility index (Phi) is 4.93. The summed E-state index contributed by atoms with van der Waals surface area (Å²) in [5.74, 6) is 1.89. The number of benzene rings is 1. The largest absolute Gasteiger partial charge is 0.486 e. The molecule has 1 aromatic carbocycles. The van der Waals surface area contributed by atoms with E-state index in [1.165, 1.54) is 23.5 Å². The molecular formula is C13H15N3O4S3. The van der Waals surface area contributed by atoms with Crippen LogP contribution in [0, 0.1) is 0 Å². The standard InChI is InChI=1S/C13H15N3O4S3/c1-2-7-21-13-15-14-12(22-13)16-23(17,18)9-3-4-10-11(8-9)20-6-5-19-10/h3-4,8H,2,5-7H2,1H3,(H,14,16). The molecule has 1 aromatic heterocycles. The number of aromatic nitrogens is 2. The van der Waals surface area contributed by atoms with E-state index in [2.05, 4.69) is 21.8 Å². The van der Waals surface area contributed by atoms with Crippen molar-refractivity contribution < 1.29 is 17.9 Å². The first-order chi connectivity index (χ1) is 11.1. The molecule has 0 amide bonds. The van der Waals surface area contributed by atoms with Gasteiger partial charge in [0.25, 0.3) is 10.0 Å². The number of fused-ring (bicyclic) bond motifs is 1. The highest BCUT2D eigenvalue weighted by Gasteiger charge is 2.21. The summed E-state index contributed by atoms with van der Waals surface area (Å²) in [5.41, 5.74) is 0. The Morgan fingerprint density at radius 1 is 1.26 bits per heavy atom. The van der Waals surface area contributed by atoms with Crippen molar-refractivity contribution in [2.75, 3.05) is 23.7 Å². The van der Waals surface area contributed by atoms with E-state index in [-0.39, 0.29) is 10.0 Å². The molecule has 0 fully saturated rings. The van der Waals surface area contributed by atoms with Gasteiger partial charge < -0.3 is 9.47 Å². The van der Waals surface area contributed by atoms with Crippen LogP contribution >= 0.6 is 23.1 Å². The van der Waals surface area contributed by atoms with Gasteiger partial charge in [0.05, 0.1) is 4.90 Å². The van der Waals surface area contributed by atoms with E-state index in [4.69, 9.17) is 9.47 Å². The number of hydrogen-bond acceptors (Lipinski definition) is 8. The molecule has 1 N–H and O–H groups in total. The molecule has 2 heterocycles. The van der Waals surface area contributed by atoms with Crippen LogP contribution in [-0.2, 0) is 10.0 Å². The molecule has 2 aromatic rings. The van der Waals surface area contributed by atoms with Gasteiger partial charge in [-0.05, 0) is 18.6 Å². The summed E-state index contributed by atoms with van der Waals surface area (Å²) in [7, 11) is -3.74. The molecule has 1 aliphatic rings. The number of rotatable bonds is 6. The second-order valence-corrected chi connectivity index (χ2v) is 8.63. The average molecular weight is 373 g/mol. The first-order valence-corrected chi connectivity index (χ1v) is 10.3. The van der Waals surface area contributed by atoms with Crippen LogP contribution in [0.15, 0.2) is 27.4 Å². The Hall–Kier alpha value is -1.52. The number of thioether (sulfide) groups is 1. The maximum atomic E-state index is 12.4. The smallest absolute Gasteiger partial charge is 0.263 e. The lowest BCUT2D eigenvalue weighted by Crippen LogP contribution is -2.17. The Labute approximate surface area is 142 Å². The van der Waals surface area contributed by atoms with E-state index in [0.29, 0.717) is 24.7 Å². The molecule has 23 heavy (non-hydrogen) atoms. The van der Waals surface area contributed by atoms with Gasteiger partial charge in [-0.25, -0.2) is 8.42 Å². The highest BCUT2D eigenvalue weighted by molar-refractivity contribution is 8.01. The fourth-order valence-electron chi connectivity index (χ4n) is 1.86. The van der Waals surface area contributed by atoms with Crippen molar-refractivity contribution in [1.29, 1.82) is 0 Å². The van der Waals surface area contributed by atoms with E-state index >= 15 is 0 Å². The van der Waals surface area contributed by atoms with Crippen molar-refractivity contribution in [2.24, 2.45) is 0 Å². The van der Waals surface area contributed by atoms with Crippen molar-refractivity contribution in [3.8, 4) is 11.5 Å². The lowest BCUT2D eigenvalue weighted by atomic mass is 10.3. The number of ether oxygens (including phenoxy) is 2. The zero-order chi connectivity index (χ0) is 16.3. The van der Waals surface area contributed by atoms with Crippen molar-refractivity contribution in [3.05, 3.63) is 18.2 Å². The maximum Gasteiger partial charge on any atom is 0.263 e. The third-order valence-electron chi connectivity index (χ3n) is 2.88. The quantitative estimate of drug-likeness (QED) is 0.778. The van der Waals surface area contributed by atoms with Crippen LogP contribution in [0.5, 0.6) is 11.5 Å². The van der Waals surface area contributed by atoms with E-state index in [1.54, 1.807) is 17.8 Å². The van der Waals surface area contributed by atoms with Gasteiger partial charge in [-0.1, -0.05) is 30.0 Å².